The molecule has 0 N–H and O–H groups in total. The molecule has 0 amide bonds. The van der Waals surface area contributed by atoms with Gasteiger partial charge in [0.25, 0.3) is 0 Å². The zero-order valence-electron chi connectivity index (χ0n) is 10.3. The number of benzene rings is 1. The quantitative estimate of drug-likeness (QED) is 0.602. The minimum atomic E-state index is -1.33. The Hall–Kier alpha value is -0.390. The van der Waals surface area contributed by atoms with Crippen molar-refractivity contribution in [2.75, 3.05) is 0 Å². The lowest BCUT2D eigenvalue weighted by molar-refractivity contribution is 0.561. The number of hydrogen-bond donors (Lipinski definition) is 0. The van der Waals surface area contributed by atoms with E-state index in [1.165, 1.54) is 6.07 Å². The van der Waals surface area contributed by atoms with Gasteiger partial charge in [0, 0.05) is 5.56 Å². The summed E-state index contributed by atoms with van der Waals surface area (Å²) in [6.07, 6.45) is 0. The molecule has 0 radical (unpaired) electrons. The van der Waals surface area contributed by atoms with Gasteiger partial charge in [0.15, 0.2) is 0 Å². The van der Waals surface area contributed by atoms with Crippen LogP contribution < -0.4 is 0 Å². The molecule has 0 saturated carbocycles. The topological polar surface area (TPSA) is 35.4 Å². The third kappa shape index (κ3) is 4.08. The first kappa shape index (κ1) is 14.7. The second-order valence-corrected chi connectivity index (χ2v) is 7.43. The highest BCUT2D eigenvalue weighted by molar-refractivity contribution is 9.10. The van der Waals surface area contributed by atoms with Gasteiger partial charge in [0.2, 0.25) is 0 Å². The second-order valence-electron chi connectivity index (χ2n) is 4.67. The number of rotatable bonds is 2. The number of hydrogen-bond acceptors (Lipinski definition) is 2. The molecule has 1 rings (SSSR count). The summed E-state index contributed by atoms with van der Waals surface area (Å²) in [4.78, 5) is 0. The van der Waals surface area contributed by atoms with Crippen LogP contribution in [0.15, 0.2) is 27.1 Å². The third-order valence-electron chi connectivity index (χ3n) is 2.08. The van der Waals surface area contributed by atoms with E-state index in [9.17, 15) is 8.94 Å². The van der Waals surface area contributed by atoms with Crippen LogP contribution in [0.1, 0.15) is 33.3 Å². The van der Waals surface area contributed by atoms with Crippen LogP contribution in [0.5, 0.6) is 0 Å². The summed E-state index contributed by atoms with van der Waals surface area (Å²) >= 11 is 1.76. The van der Waals surface area contributed by atoms with Crippen LogP contribution in [0, 0.1) is 5.82 Å². The highest BCUT2D eigenvalue weighted by Crippen LogP contribution is 2.20. The molecule has 2 nitrogen and oxygen atoms in total. The Labute approximate surface area is 113 Å². The highest BCUT2D eigenvalue weighted by Gasteiger charge is 2.26. The lowest BCUT2D eigenvalue weighted by Crippen LogP contribution is -2.26. The summed E-state index contributed by atoms with van der Waals surface area (Å²) < 4.78 is 29.3. The Morgan fingerprint density at radius 3 is 2.47 bits per heavy atom. The normalized spacial score (nSPS) is 14.9. The minimum absolute atomic E-state index is 0.349. The van der Waals surface area contributed by atoms with Crippen molar-refractivity contribution in [3.63, 3.8) is 0 Å². The summed E-state index contributed by atoms with van der Waals surface area (Å²) in [5.41, 5.74) is 1.22. The fraction of sp³-hybridized carbons (Fsp3) is 0.417. The molecular formula is C12H15BrFNOS. The molecule has 1 aromatic rings. The van der Waals surface area contributed by atoms with Crippen LogP contribution in [0.25, 0.3) is 0 Å². The number of nitrogens with zero attached hydrogens (tertiary/aromatic N) is 1. The van der Waals surface area contributed by atoms with Gasteiger partial charge in [-0.25, -0.2) is 4.39 Å². The molecule has 0 heterocycles. The molecule has 1 atom stereocenters. The standard InChI is InChI=1S/C12H15BrFNOS/c1-8(15-17(16)12(2,3)4)9-5-6-10(13)11(14)7-9/h5-7H,1-4H3/b15-8+/t17-/m1/s1. The van der Waals surface area contributed by atoms with E-state index in [0.717, 1.165) is 0 Å². The van der Waals surface area contributed by atoms with Gasteiger partial charge in [0.1, 0.15) is 21.9 Å². The molecule has 94 valence electrons. The smallest absolute Gasteiger partial charge is 0.144 e. The molecule has 0 aliphatic rings. The van der Waals surface area contributed by atoms with E-state index in [0.29, 0.717) is 15.7 Å². The monoisotopic (exact) mass is 319 g/mol. The van der Waals surface area contributed by atoms with Gasteiger partial charge < -0.3 is 4.55 Å². The first-order valence-electron chi connectivity index (χ1n) is 5.14. The van der Waals surface area contributed by atoms with Crippen LogP contribution >= 0.6 is 15.9 Å². The Balaban J connectivity index is 3.00. The van der Waals surface area contributed by atoms with E-state index in [2.05, 4.69) is 20.3 Å². The van der Waals surface area contributed by atoms with Crippen molar-refractivity contribution in [1.29, 1.82) is 0 Å². The first-order valence-corrected chi connectivity index (χ1v) is 7.04. The van der Waals surface area contributed by atoms with Crippen LogP contribution in [0.4, 0.5) is 4.39 Å². The molecule has 0 spiro atoms. The maximum Gasteiger partial charge on any atom is 0.144 e. The minimum Gasteiger partial charge on any atom is -0.591 e. The van der Waals surface area contributed by atoms with E-state index in [1.54, 1.807) is 19.1 Å². The molecule has 0 fully saturated rings. The Bertz CT molecular complexity index is 443. The summed E-state index contributed by atoms with van der Waals surface area (Å²) in [6.45, 7) is 7.28. The van der Waals surface area contributed by atoms with Crippen molar-refractivity contribution in [3.05, 3.63) is 34.1 Å². The second kappa shape index (κ2) is 5.50. The van der Waals surface area contributed by atoms with E-state index in [-0.39, 0.29) is 5.82 Å². The zero-order chi connectivity index (χ0) is 13.2. The van der Waals surface area contributed by atoms with Crippen molar-refractivity contribution in [1.82, 2.24) is 0 Å². The predicted molar refractivity (Wildman–Crippen MR) is 74.2 cm³/mol. The summed E-state index contributed by atoms with van der Waals surface area (Å²) in [6, 6.07) is 4.73. The first-order chi connectivity index (χ1) is 7.71. The Morgan fingerprint density at radius 1 is 1.41 bits per heavy atom. The van der Waals surface area contributed by atoms with Crippen molar-refractivity contribution in [2.24, 2.45) is 4.40 Å². The van der Waals surface area contributed by atoms with Crippen molar-refractivity contribution in [2.45, 2.75) is 32.4 Å². The molecule has 0 bridgehead atoms. The molecule has 17 heavy (non-hydrogen) atoms. The summed E-state index contributed by atoms with van der Waals surface area (Å²) in [7, 11) is 0. The third-order valence-corrected chi connectivity index (χ3v) is 4.21. The average Bonchev–Trinajstić information content (AvgIpc) is 2.20. The fourth-order valence-corrected chi connectivity index (χ4v) is 1.91. The zero-order valence-corrected chi connectivity index (χ0v) is 12.7. The molecule has 0 aliphatic heterocycles. The van der Waals surface area contributed by atoms with Gasteiger partial charge in [-0.15, -0.1) is 0 Å². The van der Waals surface area contributed by atoms with E-state index in [1.807, 2.05) is 20.8 Å². The molecule has 0 unspecified atom stereocenters. The molecular weight excluding hydrogens is 305 g/mol. The van der Waals surface area contributed by atoms with Crippen molar-refractivity contribution < 1.29 is 8.94 Å². The van der Waals surface area contributed by atoms with Gasteiger partial charge in [-0.1, -0.05) is 10.5 Å². The van der Waals surface area contributed by atoms with Crippen molar-refractivity contribution in [3.8, 4) is 0 Å². The average molecular weight is 320 g/mol. The maximum atomic E-state index is 13.3. The van der Waals surface area contributed by atoms with E-state index < -0.39 is 16.1 Å². The van der Waals surface area contributed by atoms with Crippen LogP contribution in [-0.2, 0) is 11.4 Å². The highest BCUT2D eigenvalue weighted by atomic mass is 79.9. The summed E-state index contributed by atoms with van der Waals surface area (Å²) in [5.74, 6) is -0.349. The summed E-state index contributed by atoms with van der Waals surface area (Å²) in [5, 5.41) is 0. The van der Waals surface area contributed by atoms with Crippen LogP contribution in [0.2, 0.25) is 0 Å². The number of halogens is 2. The molecule has 0 aromatic heterocycles. The van der Waals surface area contributed by atoms with Gasteiger partial charge in [-0.3, -0.25) is 0 Å². The predicted octanol–water partition coefficient (Wildman–Crippen LogP) is 3.86. The van der Waals surface area contributed by atoms with Crippen molar-refractivity contribution >= 4 is 33.0 Å². The largest absolute Gasteiger partial charge is 0.591 e. The SMILES string of the molecule is C/C(=N\[S@+]([O-])C(C)(C)C)c1ccc(Br)c(F)c1. The van der Waals surface area contributed by atoms with E-state index in [4.69, 9.17) is 0 Å². The fourth-order valence-electron chi connectivity index (χ4n) is 1.04. The molecule has 0 aliphatic carbocycles. The van der Waals surface area contributed by atoms with Gasteiger partial charge in [-0.2, -0.15) is 0 Å². The lowest BCUT2D eigenvalue weighted by Gasteiger charge is -2.18. The van der Waals surface area contributed by atoms with Crippen LogP contribution in [0.3, 0.4) is 0 Å². The maximum absolute atomic E-state index is 13.3. The van der Waals surface area contributed by atoms with Gasteiger partial charge in [0.05, 0.1) is 10.2 Å². The van der Waals surface area contributed by atoms with E-state index >= 15 is 0 Å². The van der Waals surface area contributed by atoms with Gasteiger partial charge >= 0.3 is 0 Å². The lowest BCUT2D eigenvalue weighted by atomic mass is 10.1. The van der Waals surface area contributed by atoms with Gasteiger partial charge in [-0.05, 0) is 55.8 Å². The Morgan fingerprint density at radius 2 is 2.00 bits per heavy atom. The molecule has 5 heteroatoms. The van der Waals surface area contributed by atoms with Crippen LogP contribution in [-0.4, -0.2) is 15.0 Å². The molecule has 1 aromatic carbocycles. The molecule has 0 saturated heterocycles. The Kier molecular flexibility index (Phi) is 4.75.